The Morgan fingerprint density at radius 1 is 1.29 bits per heavy atom. The van der Waals surface area contributed by atoms with E-state index in [9.17, 15) is 8.78 Å². The van der Waals surface area contributed by atoms with Gasteiger partial charge in [0.05, 0.1) is 8.04 Å². The number of nitrogen functional groups attached to an aromatic ring is 1. The SMILES string of the molecule is Nc1nc(-c2ccc(F)c(F)c2Br)ncc1I. The van der Waals surface area contributed by atoms with E-state index in [1.807, 2.05) is 22.6 Å². The molecule has 2 aromatic rings. The number of hydrogen-bond donors (Lipinski definition) is 1. The minimum absolute atomic E-state index is 0.0156. The van der Waals surface area contributed by atoms with Gasteiger partial charge in [-0.2, -0.15) is 0 Å². The molecule has 0 aliphatic carbocycles. The molecule has 0 aliphatic heterocycles. The summed E-state index contributed by atoms with van der Waals surface area (Å²) in [6.07, 6.45) is 1.52. The van der Waals surface area contributed by atoms with E-state index in [4.69, 9.17) is 5.73 Å². The zero-order valence-electron chi connectivity index (χ0n) is 8.22. The van der Waals surface area contributed by atoms with Gasteiger partial charge in [-0.3, -0.25) is 0 Å². The standard InChI is InChI=1S/C10H5BrF2IN3/c11-7-4(1-2-5(12)8(7)13)10-16-3-6(14)9(15)17-10/h1-3H,(H2,15,16,17). The Hall–Kier alpha value is -0.830. The van der Waals surface area contributed by atoms with Gasteiger partial charge in [0, 0.05) is 11.8 Å². The van der Waals surface area contributed by atoms with Gasteiger partial charge in [-0.25, -0.2) is 18.7 Å². The van der Waals surface area contributed by atoms with Crippen LogP contribution in [0.3, 0.4) is 0 Å². The number of halogens is 4. The zero-order valence-corrected chi connectivity index (χ0v) is 12.0. The lowest BCUT2D eigenvalue weighted by molar-refractivity contribution is 0.504. The maximum atomic E-state index is 13.3. The number of nitrogens with two attached hydrogens (primary N) is 1. The van der Waals surface area contributed by atoms with Crippen molar-refractivity contribution in [3.8, 4) is 11.4 Å². The molecule has 0 amide bonds. The Morgan fingerprint density at radius 3 is 2.65 bits per heavy atom. The van der Waals surface area contributed by atoms with Gasteiger partial charge in [0.15, 0.2) is 17.5 Å². The van der Waals surface area contributed by atoms with E-state index < -0.39 is 11.6 Å². The second-order valence-electron chi connectivity index (χ2n) is 3.15. The molecule has 0 spiro atoms. The van der Waals surface area contributed by atoms with Crippen molar-refractivity contribution in [1.29, 1.82) is 0 Å². The van der Waals surface area contributed by atoms with E-state index in [1.54, 1.807) is 0 Å². The van der Waals surface area contributed by atoms with Crippen molar-refractivity contribution in [2.75, 3.05) is 5.73 Å². The van der Waals surface area contributed by atoms with E-state index in [2.05, 4.69) is 25.9 Å². The molecule has 0 radical (unpaired) electrons. The first-order valence-electron chi connectivity index (χ1n) is 4.42. The van der Waals surface area contributed by atoms with Crippen LogP contribution in [0.4, 0.5) is 14.6 Å². The van der Waals surface area contributed by atoms with Gasteiger partial charge in [-0.1, -0.05) is 0 Å². The van der Waals surface area contributed by atoms with Gasteiger partial charge in [-0.05, 0) is 50.7 Å². The van der Waals surface area contributed by atoms with Gasteiger partial charge in [0.1, 0.15) is 5.82 Å². The number of nitrogens with zero attached hydrogens (tertiary/aromatic N) is 2. The first-order chi connectivity index (χ1) is 8.00. The summed E-state index contributed by atoms with van der Waals surface area (Å²) >= 11 is 4.96. The summed E-state index contributed by atoms with van der Waals surface area (Å²) in [6.45, 7) is 0. The Kier molecular flexibility index (Phi) is 3.57. The minimum Gasteiger partial charge on any atom is -0.383 e. The zero-order chi connectivity index (χ0) is 12.6. The molecule has 0 unspecified atom stereocenters. The van der Waals surface area contributed by atoms with Crippen molar-refractivity contribution in [3.63, 3.8) is 0 Å². The molecule has 0 bridgehead atoms. The van der Waals surface area contributed by atoms with Crippen molar-refractivity contribution in [1.82, 2.24) is 9.97 Å². The summed E-state index contributed by atoms with van der Waals surface area (Å²) in [4.78, 5) is 8.04. The summed E-state index contributed by atoms with van der Waals surface area (Å²) in [5.74, 6) is -1.36. The largest absolute Gasteiger partial charge is 0.383 e. The molecule has 0 aliphatic rings. The molecule has 3 nitrogen and oxygen atoms in total. The van der Waals surface area contributed by atoms with E-state index in [1.165, 1.54) is 12.3 Å². The molecule has 2 rings (SSSR count). The van der Waals surface area contributed by atoms with Crippen LogP contribution in [0.15, 0.2) is 22.8 Å². The number of hydrogen-bond acceptors (Lipinski definition) is 3. The van der Waals surface area contributed by atoms with Gasteiger partial charge >= 0.3 is 0 Å². The Bertz CT molecular complexity index is 592. The molecule has 17 heavy (non-hydrogen) atoms. The average Bonchev–Trinajstić information content (AvgIpc) is 2.30. The van der Waals surface area contributed by atoms with Gasteiger partial charge in [-0.15, -0.1) is 0 Å². The van der Waals surface area contributed by atoms with Crippen molar-refractivity contribution >= 4 is 44.3 Å². The Labute approximate surface area is 118 Å². The first-order valence-corrected chi connectivity index (χ1v) is 6.29. The average molecular weight is 412 g/mol. The number of aromatic nitrogens is 2. The molecule has 1 aromatic carbocycles. The summed E-state index contributed by atoms with van der Waals surface area (Å²) in [6, 6.07) is 2.41. The molecule has 7 heteroatoms. The van der Waals surface area contributed by atoms with Crippen LogP contribution in [-0.2, 0) is 0 Å². The maximum Gasteiger partial charge on any atom is 0.173 e. The molecule has 88 valence electrons. The van der Waals surface area contributed by atoms with Crippen LogP contribution in [0.25, 0.3) is 11.4 Å². The van der Waals surface area contributed by atoms with Crippen LogP contribution in [0.2, 0.25) is 0 Å². The molecular weight excluding hydrogens is 407 g/mol. The van der Waals surface area contributed by atoms with E-state index >= 15 is 0 Å². The summed E-state index contributed by atoms with van der Waals surface area (Å²) in [5, 5.41) is 0. The van der Waals surface area contributed by atoms with Gasteiger partial charge in [0.25, 0.3) is 0 Å². The third-order valence-electron chi connectivity index (χ3n) is 2.05. The quantitative estimate of drug-likeness (QED) is 0.578. The second-order valence-corrected chi connectivity index (χ2v) is 5.10. The maximum absolute atomic E-state index is 13.3. The normalized spacial score (nSPS) is 10.6. The van der Waals surface area contributed by atoms with Crippen LogP contribution < -0.4 is 5.73 Å². The van der Waals surface area contributed by atoms with E-state index in [-0.39, 0.29) is 10.3 Å². The van der Waals surface area contributed by atoms with Crippen molar-refractivity contribution < 1.29 is 8.78 Å². The van der Waals surface area contributed by atoms with Crippen LogP contribution >= 0.6 is 38.5 Å². The molecule has 0 saturated carbocycles. The molecule has 1 heterocycles. The van der Waals surface area contributed by atoms with Crippen LogP contribution in [0.5, 0.6) is 0 Å². The second kappa shape index (κ2) is 4.81. The van der Waals surface area contributed by atoms with Crippen molar-refractivity contribution in [3.05, 3.63) is 38.0 Å². The van der Waals surface area contributed by atoms with Crippen molar-refractivity contribution in [2.24, 2.45) is 0 Å². The lowest BCUT2D eigenvalue weighted by Crippen LogP contribution is -1.99. The molecule has 1 aromatic heterocycles. The summed E-state index contributed by atoms with van der Waals surface area (Å²) in [5.41, 5.74) is 5.99. The highest BCUT2D eigenvalue weighted by atomic mass is 127. The van der Waals surface area contributed by atoms with Crippen LogP contribution in [0, 0.1) is 15.2 Å². The van der Waals surface area contributed by atoms with E-state index in [0.717, 1.165) is 6.07 Å². The fraction of sp³-hybridized carbons (Fsp3) is 0. The van der Waals surface area contributed by atoms with Crippen molar-refractivity contribution in [2.45, 2.75) is 0 Å². The molecule has 0 fully saturated rings. The third kappa shape index (κ3) is 2.39. The molecule has 0 saturated heterocycles. The summed E-state index contributed by atoms with van der Waals surface area (Å²) < 4.78 is 27.0. The number of rotatable bonds is 1. The Balaban J connectivity index is 2.61. The molecule has 0 atom stereocenters. The molecular formula is C10H5BrF2IN3. The number of anilines is 1. The predicted molar refractivity (Wildman–Crippen MR) is 72.2 cm³/mol. The lowest BCUT2D eigenvalue weighted by atomic mass is 10.2. The smallest absolute Gasteiger partial charge is 0.173 e. The van der Waals surface area contributed by atoms with Gasteiger partial charge in [0.2, 0.25) is 0 Å². The fourth-order valence-corrected chi connectivity index (χ4v) is 1.97. The van der Waals surface area contributed by atoms with Gasteiger partial charge < -0.3 is 5.73 Å². The minimum atomic E-state index is -0.969. The highest BCUT2D eigenvalue weighted by Gasteiger charge is 2.14. The third-order valence-corrected chi connectivity index (χ3v) is 3.65. The summed E-state index contributed by atoms with van der Waals surface area (Å²) in [7, 11) is 0. The highest BCUT2D eigenvalue weighted by molar-refractivity contribution is 14.1. The fourth-order valence-electron chi connectivity index (χ4n) is 1.21. The molecule has 2 N–H and O–H groups in total. The highest BCUT2D eigenvalue weighted by Crippen LogP contribution is 2.30. The van der Waals surface area contributed by atoms with E-state index in [0.29, 0.717) is 15.0 Å². The topological polar surface area (TPSA) is 51.8 Å². The lowest BCUT2D eigenvalue weighted by Gasteiger charge is -2.06. The predicted octanol–water partition coefficient (Wildman–Crippen LogP) is 3.37. The first kappa shape index (κ1) is 12.6. The monoisotopic (exact) mass is 411 g/mol. The Morgan fingerprint density at radius 2 is 2.00 bits per heavy atom. The van der Waals surface area contributed by atoms with Crippen LogP contribution in [-0.4, -0.2) is 9.97 Å². The van der Waals surface area contributed by atoms with Crippen LogP contribution in [0.1, 0.15) is 0 Å². The number of benzene rings is 1.